The van der Waals surface area contributed by atoms with Crippen LogP contribution in [-0.4, -0.2) is 63.3 Å². The fourth-order valence-electron chi connectivity index (χ4n) is 4.39. The molecule has 6 nitrogen and oxygen atoms in total. The van der Waals surface area contributed by atoms with E-state index in [1.165, 1.54) is 128 Å². The van der Waals surface area contributed by atoms with Gasteiger partial charge < -0.3 is 14.5 Å². The summed E-state index contributed by atoms with van der Waals surface area (Å²) in [4.78, 5) is 10.2. The van der Waals surface area contributed by atoms with E-state index in [1.807, 2.05) is 0 Å². The van der Waals surface area contributed by atoms with Gasteiger partial charge in [0.05, 0.1) is 6.61 Å². The van der Waals surface area contributed by atoms with Crippen molar-refractivity contribution in [2.24, 2.45) is 0 Å². The number of carbonyl (C=O) groups excluding carboxylic acids is 1. The molecule has 224 valence electrons. The van der Waals surface area contributed by atoms with Crippen molar-refractivity contribution in [3.63, 3.8) is 0 Å². The minimum absolute atomic E-state index is 0. The van der Waals surface area contributed by atoms with Gasteiger partial charge in [-0.15, -0.1) is 0 Å². The molecule has 0 radical (unpaired) electrons. The predicted octanol–water partition coefficient (Wildman–Crippen LogP) is 8.00. The fraction of sp³-hybridized carbons (Fsp3) is 0.967. The van der Waals surface area contributed by atoms with Gasteiger partial charge in [0.2, 0.25) is 10.4 Å². The molecule has 0 unspecified atom stereocenters. The van der Waals surface area contributed by atoms with Crippen molar-refractivity contribution >= 4 is 54.1 Å². The van der Waals surface area contributed by atoms with Crippen molar-refractivity contribution in [3.05, 3.63) is 0 Å². The largest absolute Gasteiger partial charge is 2.00 e. The smallest absolute Gasteiger partial charge is 0.726 e. The molecule has 0 aromatic heterocycles. The van der Waals surface area contributed by atoms with Crippen LogP contribution in [-0.2, 0) is 19.4 Å². The molecule has 0 spiro atoms. The van der Waals surface area contributed by atoms with Crippen LogP contribution in [0, 0.1) is 0 Å². The topological polar surface area (TPSA) is 107 Å². The van der Waals surface area contributed by atoms with Crippen molar-refractivity contribution in [3.8, 4) is 0 Å². The molecule has 0 aromatic carbocycles. The Balaban J connectivity index is -0.000000636. The van der Waals surface area contributed by atoms with Crippen molar-refractivity contribution < 1.29 is 27.1 Å². The van der Waals surface area contributed by atoms with Crippen LogP contribution in [0.3, 0.4) is 0 Å². The quantitative estimate of drug-likeness (QED) is 0.0397. The maximum absolute atomic E-state index is 10.2. The summed E-state index contributed by atoms with van der Waals surface area (Å²) in [6.45, 7) is 4.51. The molecule has 0 rings (SSSR count). The molecule has 0 aliphatic heterocycles. The molecule has 0 fully saturated rings. The molecule has 0 bridgehead atoms. The monoisotopic (exact) mass is 588 g/mol. The van der Waals surface area contributed by atoms with E-state index in [-0.39, 0.29) is 50.8 Å². The van der Waals surface area contributed by atoms with Gasteiger partial charge in [0.1, 0.15) is 0 Å². The SMILES string of the molecule is CCCCCCCCCCCCCCCCCC(=O)[O-].CCCCCCCCCCCCOS(=O)(=O)[O-].[Ca+2]. The van der Waals surface area contributed by atoms with E-state index < -0.39 is 16.4 Å². The standard InChI is InChI=1S/C18H36O2.C12H26O4S.Ca/c1-2-3-4-5-6-7-8-9-10-11-12-13-14-15-16-17-18(19)20;1-2-3-4-5-6-7-8-9-10-11-12-16-17(13,14)15;/h2-17H2,1H3,(H,19,20);2-12H2,1H3,(H,13,14,15);/q;;+2/p-2. The van der Waals surface area contributed by atoms with Crippen molar-refractivity contribution in [2.75, 3.05) is 6.61 Å². The molecule has 0 aliphatic carbocycles. The maximum Gasteiger partial charge on any atom is 2.00 e. The Morgan fingerprint density at radius 3 is 1.05 bits per heavy atom. The van der Waals surface area contributed by atoms with Crippen LogP contribution in [0.4, 0.5) is 0 Å². The fourth-order valence-corrected chi connectivity index (χ4v) is 4.71. The van der Waals surface area contributed by atoms with E-state index in [1.54, 1.807) is 0 Å². The summed E-state index contributed by atoms with van der Waals surface area (Å²) in [5, 5.41) is 10.2. The molecule has 0 N–H and O–H groups in total. The van der Waals surface area contributed by atoms with Crippen molar-refractivity contribution in [2.45, 2.75) is 181 Å². The van der Waals surface area contributed by atoms with Gasteiger partial charge in [0.15, 0.2) is 0 Å². The van der Waals surface area contributed by atoms with Crippen LogP contribution in [0.25, 0.3) is 0 Å². The number of carboxylic acids is 1. The number of hydrogen-bond donors (Lipinski definition) is 0. The summed E-state index contributed by atoms with van der Waals surface area (Å²) < 4.78 is 34.5. The average molecular weight is 589 g/mol. The first-order valence-corrected chi connectivity index (χ1v) is 17.0. The van der Waals surface area contributed by atoms with E-state index in [0.717, 1.165) is 25.7 Å². The molecule has 8 heteroatoms. The Bertz CT molecular complexity index is 557. The molecule has 0 amide bonds. The predicted molar refractivity (Wildman–Crippen MR) is 158 cm³/mol. The van der Waals surface area contributed by atoms with Crippen LogP contribution in [0.15, 0.2) is 0 Å². The third-order valence-electron chi connectivity index (χ3n) is 6.71. The Hall–Kier alpha value is 0.600. The molecule has 0 atom stereocenters. The van der Waals surface area contributed by atoms with Crippen LogP contribution in [0.1, 0.15) is 181 Å². The van der Waals surface area contributed by atoms with E-state index in [4.69, 9.17) is 0 Å². The van der Waals surface area contributed by atoms with E-state index in [2.05, 4.69) is 18.0 Å². The first-order chi connectivity index (χ1) is 17.8. The molecule has 0 heterocycles. The second-order valence-corrected chi connectivity index (χ2v) is 11.5. The maximum atomic E-state index is 10.2. The van der Waals surface area contributed by atoms with Crippen LogP contribution in [0.2, 0.25) is 0 Å². The van der Waals surface area contributed by atoms with Crippen molar-refractivity contribution in [1.82, 2.24) is 0 Å². The van der Waals surface area contributed by atoms with Gasteiger partial charge in [-0.1, -0.05) is 162 Å². The summed E-state index contributed by atoms with van der Waals surface area (Å²) in [7, 11) is -4.48. The molecule has 0 aromatic rings. The minimum Gasteiger partial charge on any atom is -0.726 e. The third kappa shape index (κ3) is 46.5. The number of hydrogen-bond acceptors (Lipinski definition) is 6. The van der Waals surface area contributed by atoms with Crippen LogP contribution < -0.4 is 5.11 Å². The molecule has 38 heavy (non-hydrogen) atoms. The summed E-state index contributed by atoms with van der Waals surface area (Å²) in [5.74, 6) is -0.903. The Labute approximate surface area is 266 Å². The summed E-state index contributed by atoms with van der Waals surface area (Å²) in [5.41, 5.74) is 0. The minimum atomic E-state index is -4.48. The van der Waals surface area contributed by atoms with Gasteiger partial charge >= 0.3 is 37.7 Å². The van der Waals surface area contributed by atoms with E-state index >= 15 is 0 Å². The molecule has 0 saturated heterocycles. The zero-order valence-electron chi connectivity index (χ0n) is 25.2. The van der Waals surface area contributed by atoms with E-state index in [9.17, 15) is 22.9 Å². The number of unbranched alkanes of at least 4 members (excludes halogenated alkanes) is 23. The Kier molecular flexibility index (Phi) is 40.4. The molecular formula is C30H60CaO6S. The first kappa shape index (κ1) is 43.1. The molecule has 0 saturated carbocycles. The van der Waals surface area contributed by atoms with E-state index in [0.29, 0.717) is 6.42 Å². The first-order valence-electron chi connectivity index (χ1n) is 15.6. The van der Waals surface area contributed by atoms with Gasteiger partial charge in [-0.25, -0.2) is 8.42 Å². The molecule has 0 aliphatic rings. The number of aliphatic carboxylic acids is 1. The number of carboxylic acid groups (broad SMARTS) is 1. The Morgan fingerprint density at radius 2 is 0.789 bits per heavy atom. The van der Waals surface area contributed by atoms with Gasteiger partial charge in [-0.05, 0) is 19.3 Å². The number of rotatable bonds is 28. The summed E-state index contributed by atoms with van der Waals surface area (Å²) >= 11 is 0. The second kappa shape index (κ2) is 35.6. The third-order valence-corrected chi connectivity index (χ3v) is 7.17. The summed E-state index contributed by atoms with van der Waals surface area (Å²) in [6.07, 6.45) is 31.6. The zero-order valence-corrected chi connectivity index (χ0v) is 28.2. The van der Waals surface area contributed by atoms with Crippen LogP contribution >= 0.6 is 0 Å². The molecular weight excluding hydrogens is 528 g/mol. The van der Waals surface area contributed by atoms with Gasteiger partial charge in [-0.3, -0.25) is 4.18 Å². The van der Waals surface area contributed by atoms with Crippen LogP contribution in [0.5, 0.6) is 0 Å². The van der Waals surface area contributed by atoms with Gasteiger partial charge in [0.25, 0.3) is 0 Å². The number of carbonyl (C=O) groups is 1. The normalized spacial score (nSPS) is 11.0. The second-order valence-electron chi connectivity index (χ2n) is 10.5. The Morgan fingerprint density at radius 1 is 0.526 bits per heavy atom. The zero-order chi connectivity index (χ0) is 27.9. The average Bonchev–Trinajstić information content (AvgIpc) is 2.84. The van der Waals surface area contributed by atoms with Gasteiger partial charge in [-0.2, -0.15) is 0 Å². The van der Waals surface area contributed by atoms with Crippen molar-refractivity contribution in [1.29, 1.82) is 0 Å². The van der Waals surface area contributed by atoms with Gasteiger partial charge in [0, 0.05) is 5.97 Å². The summed E-state index contributed by atoms with van der Waals surface area (Å²) in [6, 6.07) is 0.